The van der Waals surface area contributed by atoms with E-state index in [1.807, 2.05) is 6.20 Å². The SMILES string of the molecule is C1=Cc2c(c3ccccc3n2-c2ccc3c(c2)c2ccccc2n3-c2ccc3oc4c(-n5c6ccccc6c6ccccc65)nccc4c3c2)CC1. The summed E-state index contributed by atoms with van der Waals surface area (Å²) >= 11 is 0. The highest BCUT2D eigenvalue weighted by Gasteiger charge is 2.22. The Morgan fingerprint density at radius 3 is 1.81 bits per heavy atom. The van der Waals surface area contributed by atoms with Gasteiger partial charge in [-0.2, -0.15) is 0 Å². The first kappa shape index (κ1) is 27.9. The summed E-state index contributed by atoms with van der Waals surface area (Å²) in [5, 5.41) is 8.32. The molecule has 0 fully saturated rings. The van der Waals surface area contributed by atoms with Crippen molar-refractivity contribution < 1.29 is 4.42 Å². The maximum Gasteiger partial charge on any atom is 0.181 e. The first-order valence-corrected chi connectivity index (χ1v) is 17.9. The first-order chi connectivity index (χ1) is 25.8. The van der Waals surface area contributed by atoms with Gasteiger partial charge in [-0.25, -0.2) is 4.98 Å². The van der Waals surface area contributed by atoms with E-state index < -0.39 is 0 Å². The predicted octanol–water partition coefficient (Wildman–Crippen LogP) is 12.1. The van der Waals surface area contributed by atoms with Crippen LogP contribution in [-0.2, 0) is 6.42 Å². The van der Waals surface area contributed by atoms with E-state index in [2.05, 4.69) is 165 Å². The Morgan fingerprint density at radius 2 is 1.06 bits per heavy atom. The second-order valence-corrected chi connectivity index (χ2v) is 13.9. The minimum atomic E-state index is 0.782. The molecule has 0 atom stereocenters. The van der Waals surface area contributed by atoms with Gasteiger partial charge in [0, 0.05) is 61.0 Å². The third-order valence-corrected chi connectivity index (χ3v) is 11.2. The van der Waals surface area contributed by atoms with Crippen LogP contribution in [0.5, 0.6) is 0 Å². The lowest BCUT2D eigenvalue weighted by Crippen LogP contribution is -2.00. The number of fused-ring (bicyclic) bond motifs is 12. The number of para-hydroxylation sites is 4. The number of hydrogen-bond acceptors (Lipinski definition) is 2. The van der Waals surface area contributed by atoms with E-state index in [0.717, 1.165) is 57.3 Å². The summed E-state index contributed by atoms with van der Waals surface area (Å²) in [6.45, 7) is 0. The summed E-state index contributed by atoms with van der Waals surface area (Å²) in [6, 6.07) is 50.2. The Morgan fingerprint density at radius 1 is 0.481 bits per heavy atom. The molecule has 5 heteroatoms. The van der Waals surface area contributed by atoms with Crippen molar-refractivity contribution in [3.63, 3.8) is 0 Å². The number of allylic oxidation sites excluding steroid dienone is 1. The number of furan rings is 1. The quantitative estimate of drug-likeness (QED) is 0.188. The van der Waals surface area contributed by atoms with Gasteiger partial charge in [0.15, 0.2) is 11.4 Å². The number of pyridine rings is 1. The lowest BCUT2D eigenvalue weighted by Gasteiger charge is -2.13. The van der Waals surface area contributed by atoms with Crippen LogP contribution in [0.3, 0.4) is 0 Å². The fourth-order valence-corrected chi connectivity index (χ4v) is 8.97. The first-order valence-electron chi connectivity index (χ1n) is 17.9. The topological polar surface area (TPSA) is 40.8 Å². The fourth-order valence-electron chi connectivity index (χ4n) is 8.97. The molecule has 5 nitrogen and oxygen atoms in total. The molecule has 0 amide bonds. The number of benzene rings is 6. The van der Waals surface area contributed by atoms with E-state index in [1.165, 1.54) is 60.4 Å². The lowest BCUT2D eigenvalue weighted by atomic mass is 10.0. The molecule has 0 radical (unpaired) electrons. The van der Waals surface area contributed by atoms with Gasteiger partial charge in [-0.15, -0.1) is 0 Å². The Hall–Kier alpha value is -6.85. The molecule has 0 unspecified atom stereocenters. The van der Waals surface area contributed by atoms with Crippen molar-refractivity contribution in [2.75, 3.05) is 0 Å². The van der Waals surface area contributed by atoms with Crippen LogP contribution in [0, 0.1) is 0 Å². The highest BCUT2D eigenvalue weighted by atomic mass is 16.3. The van der Waals surface area contributed by atoms with Gasteiger partial charge in [0.1, 0.15) is 5.58 Å². The predicted molar refractivity (Wildman–Crippen MR) is 214 cm³/mol. The Labute approximate surface area is 297 Å². The summed E-state index contributed by atoms with van der Waals surface area (Å²) < 4.78 is 13.8. The van der Waals surface area contributed by atoms with E-state index in [-0.39, 0.29) is 0 Å². The van der Waals surface area contributed by atoms with Crippen molar-refractivity contribution in [2.45, 2.75) is 12.8 Å². The number of aromatic nitrogens is 4. The number of aryl methyl sites for hydroxylation is 1. The third kappa shape index (κ3) is 3.69. The van der Waals surface area contributed by atoms with E-state index in [4.69, 9.17) is 9.40 Å². The standard InChI is InChI=1S/C47H30N4O/c1-6-16-39-31(11-1)32-12-2-7-17-40(32)49(39)29-21-23-44-37(27-29)35-15-5-8-18-41(35)50(44)30-22-24-45-38(28-30)36-25-26-48-47(46(36)52-45)51-42-19-9-3-13-33(42)34-14-4-10-20-43(34)51/h1,3-11,13-28H,2,12H2. The minimum Gasteiger partial charge on any atom is -0.452 e. The third-order valence-electron chi connectivity index (χ3n) is 11.2. The summed E-state index contributed by atoms with van der Waals surface area (Å²) in [6.07, 6.45) is 8.67. The molecule has 0 saturated carbocycles. The smallest absolute Gasteiger partial charge is 0.181 e. The highest BCUT2D eigenvalue weighted by molar-refractivity contribution is 6.13. The summed E-state index contributed by atoms with van der Waals surface area (Å²) in [7, 11) is 0. The zero-order valence-electron chi connectivity index (χ0n) is 28.1. The van der Waals surface area contributed by atoms with Crippen molar-refractivity contribution in [3.8, 4) is 17.2 Å². The molecule has 0 aliphatic heterocycles. The monoisotopic (exact) mass is 666 g/mol. The molecule has 0 saturated heterocycles. The molecule has 5 heterocycles. The molecule has 12 rings (SSSR count). The van der Waals surface area contributed by atoms with Crippen LogP contribution in [0.2, 0.25) is 0 Å². The van der Waals surface area contributed by atoms with Crippen molar-refractivity contribution in [1.82, 2.24) is 18.7 Å². The van der Waals surface area contributed by atoms with E-state index in [0.29, 0.717) is 0 Å². The van der Waals surface area contributed by atoms with Crippen LogP contribution in [0.1, 0.15) is 17.7 Å². The van der Waals surface area contributed by atoms with Crippen molar-refractivity contribution in [1.29, 1.82) is 0 Å². The maximum absolute atomic E-state index is 6.69. The van der Waals surface area contributed by atoms with Gasteiger partial charge < -0.3 is 13.6 Å². The van der Waals surface area contributed by atoms with Gasteiger partial charge in [0.05, 0.1) is 27.6 Å². The molecule has 1 aliphatic rings. The Bertz CT molecular complexity index is 3260. The molecule has 0 spiro atoms. The number of hydrogen-bond donors (Lipinski definition) is 0. The molecule has 52 heavy (non-hydrogen) atoms. The van der Waals surface area contributed by atoms with E-state index >= 15 is 0 Å². The van der Waals surface area contributed by atoms with E-state index in [1.54, 1.807) is 0 Å². The Balaban J connectivity index is 1.07. The zero-order chi connectivity index (χ0) is 33.9. The molecule has 244 valence electrons. The normalized spacial score (nSPS) is 13.2. The average Bonchev–Trinajstić information content (AvgIpc) is 3.94. The molecule has 0 N–H and O–H groups in total. The fraction of sp³-hybridized carbons (Fsp3) is 0.0426. The molecular weight excluding hydrogens is 637 g/mol. The highest BCUT2D eigenvalue weighted by Crippen LogP contribution is 2.40. The van der Waals surface area contributed by atoms with Crippen LogP contribution in [-0.4, -0.2) is 18.7 Å². The minimum absolute atomic E-state index is 0.782. The molecule has 5 aromatic heterocycles. The number of rotatable bonds is 3. The zero-order valence-corrected chi connectivity index (χ0v) is 28.1. The van der Waals surface area contributed by atoms with Crippen LogP contribution >= 0.6 is 0 Å². The molecule has 6 aromatic carbocycles. The average molecular weight is 667 g/mol. The molecule has 0 bridgehead atoms. The van der Waals surface area contributed by atoms with Gasteiger partial charge in [-0.3, -0.25) is 4.57 Å². The van der Waals surface area contributed by atoms with Crippen LogP contribution in [0.15, 0.2) is 156 Å². The Kier molecular flexibility index (Phi) is 5.55. The maximum atomic E-state index is 6.69. The second-order valence-electron chi connectivity index (χ2n) is 13.9. The summed E-state index contributed by atoms with van der Waals surface area (Å²) in [5.74, 6) is 0.798. The van der Waals surface area contributed by atoms with Gasteiger partial charge in [0.2, 0.25) is 0 Å². The second kappa shape index (κ2) is 10.3. The summed E-state index contributed by atoms with van der Waals surface area (Å²) in [4.78, 5) is 4.93. The number of nitrogens with zero attached hydrogens (tertiary/aromatic N) is 4. The van der Waals surface area contributed by atoms with Crippen LogP contribution in [0.4, 0.5) is 0 Å². The van der Waals surface area contributed by atoms with Crippen LogP contribution in [0.25, 0.3) is 99.7 Å². The van der Waals surface area contributed by atoms with Crippen molar-refractivity contribution in [3.05, 3.63) is 163 Å². The van der Waals surface area contributed by atoms with Crippen molar-refractivity contribution >= 4 is 82.5 Å². The van der Waals surface area contributed by atoms with Gasteiger partial charge in [0.25, 0.3) is 0 Å². The van der Waals surface area contributed by atoms with Gasteiger partial charge >= 0.3 is 0 Å². The molecular formula is C47H30N4O. The van der Waals surface area contributed by atoms with E-state index in [9.17, 15) is 0 Å². The molecule has 11 aromatic rings. The van der Waals surface area contributed by atoms with Gasteiger partial charge in [-0.05, 0) is 91.2 Å². The lowest BCUT2D eigenvalue weighted by molar-refractivity contribution is 0.663. The summed E-state index contributed by atoms with van der Waals surface area (Å²) in [5.41, 5.74) is 12.5. The van der Waals surface area contributed by atoms with Gasteiger partial charge in [-0.1, -0.05) is 78.9 Å². The molecule has 1 aliphatic carbocycles. The van der Waals surface area contributed by atoms with Crippen LogP contribution < -0.4 is 0 Å². The van der Waals surface area contributed by atoms with Crippen molar-refractivity contribution in [2.24, 2.45) is 0 Å². The largest absolute Gasteiger partial charge is 0.452 e.